The Labute approximate surface area is 75.7 Å². The second-order valence-corrected chi connectivity index (χ2v) is 5.45. The van der Waals surface area contributed by atoms with Gasteiger partial charge in [0.2, 0.25) is 0 Å². The SMILES string of the molecule is CCCC1CC2C3CC3C[C@@H]2C1. The topological polar surface area (TPSA) is 0 Å². The normalized spacial score (nSPS) is 55.2. The van der Waals surface area contributed by atoms with Crippen molar-refractivity contribution in [1.29, 1.82) is 0 Å². The molecule has 0 aliphatic heterocycles. The number of rotatable bonds is 2. The average molecular weight is 164 g/mol. The molecular formula is C12H20. The molecule has 0 aromatic carbocycles. The molecule has 0 N–H and O–H groups in total. The molecule has 0 saturated heterocycles. The van der Waals surface area contributed by atoms with Crippen LogP contribution >= 0.6 is 0 Å². The predicted molar refractivity (Wildman–Crippen MR) is 50.8 cm³/mol. The van der Waals surface area contributed by atoms with E-state index in [4.69, 9.17) is 0 Å². The Kier molecular flexibility index (Phi) is 1.54. The van der Waals surface area contributed by atoms with Crippen LogP contribution in [0.3, 0.4) is 0 Å². The van der Waals surface area contributed by atoms with E-state index < -0.39 is 0 Å². The summed E-state index contributed by atoms with van der Waals surface area (Å²) in [4.78, 5) is 0. The van der Waals surface area contributed by atoms with Gasteiger partial charge in [0.05, 0.1) is 0 Å². The van der Waals surface area contributed by atoms with Gasteiger partial charge in [0.1, 0.15) is 0 Å². The summed E-state index contributed by atoms with van der Waals surface area (Å²) in [5.41, 5.74) is 0. The third-order valence-electron chi connectivity index (χ3n) is 4.68. The first-order valence-electron chi connectivity index (χ1n) is 5.88. The molecule has 3 rings (SSSR count). The third kappa shape index (κ3) is 0.963. The van der Waals surface area contributed by atoms with Gasteiger partial charge in [-0.1, -0.05) is 19.8 Å². The standard InChI is InChI=1S/C12H20/c1-2-3-8-4-9-6-10-7-12(10)11(9)5-8/h8-12H,2-7H2,1H3/t8?,9-,10?,11?,12?/m0/s1. The van der Waals surface area contributed by atoms with Crippen molar-refractivity contribution in [2.45, 2.75) is 45.4 Å². The zero-order chi connectivity index (χ0) is 8.13. The van der Waals surface area contributed by atoms with Gasteiger partial charge >= 0.3 is 0 Å². The zero-order valence-electron chi connectivity index (χ0n) is 8.13. The highest BCUT2D eigenvalue weighted by Gasteiger charge is 2.55. The van der Waals surface area contributed by atoms with Crippen molar-refractivity contribution < 1.29 is 0 Å². The van der Waals surface area contributed by atoms with Crippen molar-refractivity contribution in [3.05, 3.63) is 0 Å². The molecule has 0 heteroatoms. The minimum Gasteiger partial charge on any atom is -0.0654 e. The van der Waals surface area contributed by atoms with Crippen molar-refractivity contribution in [1.82, 2.24) is 0 Å². The van der Waals surface area contributed by atoms with Crippen LogP contribution in [0.15, 0.2) is 0 Å². The highest BCUT2D eigenvalue weighted by molar-refractivity contribution is 5.05. The number of fused-ring (bicyclic) bond motifs is 3. The number of hydrogen-bond donors (Lipinski definition) is 0. The quantitative estimate of drug-likeness (QED) is 0.586. The Hall–Kier alpha value is 0. The van der Waals surface area contributed by atoms with Crippen LogP contribution in [-0.2, 0) is 0 Å². The summed E-state index contributed by atoms with van der Waals surface area (Å²) < 4.78 is 0. The molecule has 0 spiro atoms. The molecule has 3 saturated carbocycles. The van der Waals surface area contributed by atoms with Gasteiger partial charge in [0.15, 0.2) is 0 Å². The van der Waals surface area contributed by atoms with Crippen LogP contribution in [0, 0.1) is 29.6 Å². The van der Waals surface area contributed by atoms with E-state index in [1.54, 1.807) is 25.7 Å². The van der Waals surface area contributed by atoms with Crippen molar-refractivity contribution >= 4 is 0 Å². The van der Waals surface area contributed by atoms with E-state index >= 15 is 0 Å². The maximum atomic E-state index is 2.34. The van der Waals surface area contributed by atoms with E-state index in [9.17, 15) is 0 Å². The lowest BCUT2D eigenvalue weighted by Gasteiger charge is -2.10. The summed E-state index contributed by atoms with van der Waals surface area (Å²) in [5, 5.41) is 0. The van der Waals surface area contributed by atoms with Gasteiger partial charge in [0, 0.05) is 0 Å². The zero-order valence-corrected chi connectivity index (χ0v) is 8.13. The van der Waals surface area contributed by atoms with Gasteiger partial charge in [-0.25, -0.2) is 0 Å². The molecule has 3 fully saturated rings. The lowest BCUT2D eigenvalue weighted by molar-refractivity contribution is 0.393. The molecule has 0 heterocycles. The summed E-state index contributed by atoms with van der Waals surface area (Å²) in [7, 11) is 0. The Morgan fingerprint density at radius 3 is 2.42 bits per heavy atom. The van der Waals surface area contributed by atoms with E-state index in [1.807, 2.05) is 0 Å². The Morgan fingerprint density at radius 1 is 0.917 bits per heavy atom. The molecule has 0 bridgehead atoms. The summed E-state index contributed by atoms with van der Waals surface area (Å²) in [5.74, 6) is 5.95. The van der Waals surface area contributed by atoms with Crippen molar-refractivity contribution in [2.75, 3.05) is 0 Å². The maximum Gasteiger partial charge on any atom is -0.0352 e. The van der Waals surface area contributed by atoms with Crippen molar-refractivity contribution in [2.24, 2.45) is 29.6 Å². The van der Waals surface area contributed by atoms with E-state index in [2.05, 4.69) is 6.92 Å². The van der Waals surface area contributed by atoms with E-state index in [1.165, 1.54) is 36.5 Å². The van der Waals surface area contributed by atoms with E-state index in [0.717, 1.165) is 5.92 Å². The molecule has 5 atom stereocenters. The predicted octanol–water partition coefficient (Wildman–Crippen LogP) is 3.47. The van der Waals surface area contributed by atoms with Crippen LogP contribution in [-0.4, -0.2) is 0 Å². The highest BCUT2D eigenvalue weighted by Crippen LogP contribution is 2.64. The summed E-state index contributed by atoms with van der Waals surface area (Å²) in [6.45, 7) is 2.34. The number of hydrogen-bond acceptors (Lipinski definition) is 0. The maximum absolute atomic E-state index is 2.34. The monoisotopic (exact) mass is 164 g/mol. The van der Waals surface area contributed by atoms with Gasteiger partial charge in [-0.3, -0.25) is 0 Å². The van der Waals surface area contributed by atoms with Crippen LogP contribution in [0.5, 0.6) is 0 Å². The molecular weight excluding hydrogens is 144 g/mol. The van der Waals surface area contributed by atoms with Crippen LogP contribution in [0.1, 0.15) is 45.4 Å². The fourth-order valence-electron chi connectivity index (χ4n) is 4.17. The molecule has 3 aliphatic carbocycles. The Morgan fingerprint density at radius 2 is 1.67 bits per heavy atom. The molecule has 0 aromatic rings. The van der Waals surface area contributed by atoms with E-state index in [0.29, 0.717) is 0 Å². The molecule has 12 heavy (non-hydrogen) atoms. The second kappa shape index (κ2) is 2.49. The Bertz CT molecular complexity index is 184. The van der Waals surface area contributed by atoms with Gasteiger partial charge < -0.3 is 0 Å². The van der Waals surface area contributed by atoms with Gasteiger partial charge in [-0.2, -0.15) is 0 Å². The van der Waals surface area contributed by atoms with Crippen LogP contribution in [0.4, 0.5) is 0 Å². The average Bonchev–Trinajstić information content (AvgIpc) is 2.53. The molecule has 0 amide bonds. The molecule has 3 aliphatic rings. The summed E-state index contributed by atoms with van der Waals surface area (Å²) in [6.07, 6.45) is 9.38. The first kappa shape index (κ1) is 7.41. The fourth-order valence-corrected chi connectivity index (χ4v) is 4.17. The summed E-state index contributed by atoms with van der Waals surface area (Å²) >= 11 is 0. The third-order valence-corrected chi connectivity index (χ3v) is 4.68. The minimum absolute atomic E-state index is 1.13. The smallest absolute Gasteiger partial charge is 0.0352 e. The Balaban J connectivity index is 1.64. The van der Waals surface area contributed by atoms with E-state index in [-0.39, 0.29) is 0 Å². The van der Waals surface area contributed by atoms with Crippen LogP contribution in [0.2, 0.25) is 0 Å². The second-order valence-electron chi connectivity index (χ2n) is 5.45. The lowest BCUT2D eigenvalue weighted by Crippen LogP contribution is -2.02. The van der Waals surface area contributed by atoms with Crippen molar-refractivity contribution in [3.8, 4) is 0 Å². The lowest BCUT2D eigenvalue weighted by atomic mass is 9.95. The van der Waals surface area contributed by atoms with Crippen LogP contribution < -0.4 is 0 Å². The highest BCUT2D eigenvalue weighted by atomic mass is 14.6. The first-order chi connectivity index (χ1) is 5.88. The van der Waals surface area contributed by atoms with Gasteiger partial charge in [0.25, 0.3) is 0 Å². The van der Waals surface area contributed by atoms with Crippen LogP contribution in [0.25, 0.3) is 0 Å². The summed E-state index contributed by atoms with van der Waals surface area (Å²) in [6, 6.07) is 0. The van der Waals surface area contributed by atoms with Gasteiger partial charge in [-0.05, 0) is 55.3 Å². The molecule has 68 valence electrons. The minimum atomic E-state index is 1.13. The molecule has 0 nitrogen and oxygen atoms in total. The molecule has 0 radical (unpaired) electrons. The fraction of sp³-hybridized carbons (Fsp3) is 1.00. The van der Waals surface area contributed by atoms with Crippen molar-refractivity contribution in [3.63, 3.8) is 0 Å². The largest absolute Gasteiger partial charge is 0.0654 e. The van der Waals surface area contributed by atoms with Gasteiger partial charge in [-0.15, -0.1) is 0 Å². The molecule has 4 unspecified atom stereocenters. The molecule has 0 aromatic heterocycles. The first-order valence-corrected chi connectivity index (χ1v) is 5.88.